The van der Waals surface area contributed by atoms with E-state index < -0.39 is 9.05 Å². The van der Waals surface area contributed by atoms with Crippen molar-refractivity contribution in [3.63, 3.8) is 0 Å². The Bertz CT molecular complexity index is 397. The molecule has 5 heteroatoms. The molecule has 0 aliphatic heterocycles. The van der Waals surface area contributed by atoms with Crippen LogP contribution < -0.4 is 0 Å². The van der Waals surface area contributed by atoms with Crippen molar-refractivity contribution < 1.29 is 13.2 Å². The Labute approximate surface area is 94.4 Å². The number of rotatable bonds is 5. The van der Waals surface area contributed by atoms with E-state index in [9.17, 15) is 8.42 Å². The highest BCUT2D eigenvalue weighted by atomic mass is 35.7. The van der Waals surface area contributed by atoms with Gasteiger partial charge in [-0.15, -0.1) is 0 Å². The Kier molecular flexibility index (Phi) is 4.57. The molecule has 84 valence electrons. The highest BCUT2D eigenvalue weighted by molar-refractivity contribution is 8.13. The van der Waals surface area contributed by atoms with E-state index in [2.05, 4.69) is 0 Å². The summed E-state index contributed by atoms with van der Waals surface area (Å²) in [6, 6.07) is 6.57. The van der Waals surface area contributed by atoms with Crippen molar-refractivity contribution in [2.24, 2.45) is 0 Å². The molecule has 1 rings (SSSR count). The van der Waals surface area contributed by atoms with Crippen molar-refractivity contribution in [1.29, 1.82) is 0 Å². The molecule has 0 unspecified atom stereocenters. The zero-order valence-electron chi connectivity index (χ0n) is 8.44. The smallest absolute Gasteiger partial charge is 0.261 e. The summed E-state index contributed by atoms with van der Waals surface area (Å²) < 4.78 is 26.8. The van der Waals surface area contributed by atoms with E-state index in [0.29, 0.717) is 6.61 Å². The molecule has 0 spiro atoms. The van der Waals surface area contributed by atoms with Crippen molar-refractivity contribution in [1.82, 2.24) is 0 Å². The van der Waals surface area contributed by atoms with E-state index >= 15 is 0 Å². The van der Waals surface area contributed by atoms with Gasteiger partial charge in [-0.25, -0.2) is 8.42 Å². The maximum absolute atomic E-state index is 10.9. The number of hydrogen-bond acceptors (Lipinski definition) is 3. The van der Waals surface area contributed by atoms with Crippen LogP contribution in [0.4, 0.5) is 0 Å². The summed E-state index contributed by atoms with van der Waals surface area (Å²) in [5, 5.41) is 0. The third-order valence-corrected chi connectivity index (χ3v) is 3.39. The third kappa shape index (κ3) is 4.20. The van der Waals surface area contributed by atoms with Crippen molar-refractivity contribution in [2.75, 3.05) is 13.7 Å². The van der Waals surface area contributed by atoms with Gasteiger partial charge in [0.05, 0.1) is 4.90 Å². The first-order valence-corrected chi connectivity index (χ1v) is 6.87. The van der Waals surface area contributed by atoms with Crippen LogP contribution in [0.5, 0.6) is 0 Å². The molecule has 0 saturated heterocycles. The molecule has 0 radical (unpaired) electrons. The Morgan fingerprint density at radius 3 is 2.33 bits per heavy atom. The van der Waals surface area contributed by atoms with Crippen molar-refractivity contribution >= 4 is 19.7 Å². The highest BCUT2D eigenvalue weighted by Gasteiger charge is 2.08. The van der Waals surface area contributed by atoms with E-state index in [1.54, 1.807) is 19.2 Å². The predicted molar refractivity (Wildman–Crippen MR) is 59.7 cm³/mol. The summed E-state index contributed by atoms with van der Waals surface area (Å²) in [7, 11) is 3.25. The Morgan fingerprint density at radius 2 is 1.87 bits per heavy atom. The monoisotopic (exact) mass is 248 g/mol. The lowest BCUT2D eigenvalue weighted by Gasteiger charge is -2.01. The van der Waals surface area contributed by atoms with E-state index in [0.717, 1.165) is 18.4 Å². The van der Waals surface area contributed by atoms with Gasteiger partial charge in [-0.1, -0.05) is 12.1 Å². The number of ether oxygens (including phenoxy) is 1. The number of halogens is 1. The summed E-state index contributed by atoms with van der Waals surface area (Å²) in [6.07, 6.45) is 1.79. The number of benzene rings is 1. The summed E-state index contributed by atoms with van der Waals surface area (Å²) in [5.74, 6) is 0. The van der Waals surface area contributed by atoms with Crippen LogP contribution in [-0.4, -0.2) is 22.1 Å². The van der Waals surface area contributed by atoms with Gasteiger partial charge in [-0.3, -0.25) is 0 Å². The first kappa shape index (κ1) is 12.5. The van der Waals surface area contributed by atoms with Crippen molar-refractivity contribution in [3.8, 4) is 0 Å². The van der Waals surface area contributed by atoms with Gasteiger partial charge in [0.2, 0.25) is 0 Å². The Hall–Kier alpha value is -0.580. The summed E-state index contributed by atoms with van der Waals surface area (Å²) in [6.45, 7) is 0.704. The molecule has 0 aliphatic carbocycles. The molecular weight excluding hydrogens is 236 g/mol. The van der Waals surface area contributed by atoms with Crippen LogP contribution in [0.2, 0.25) is 0 Å². The van der Waals surface area contributed by atoms with Crippen molar-refractivity contribution in [3.05, 3.63) is 29.8 Å². The first-order valence-electron chi connectivity index (χ1n) is 4.56. The van der Waals surface area contributed by atoms with Gasteiger partial charge in [-0.2, -0.15) is 0 Å². The van der Waals surface area contributed by atoms with Gasteiger partial charge in [0.1, 0.15) is 0 Å². The van der Waals surface area contributed by atoms with Crippen LogP contribution in [0.25, 0.3) is 0 Å². The third-order valence-electron chi connectivity index (χ3n) is 2.02. The molecular formula is C10H13ClO3S. The number of aryl methyl sites for hydroxylation is 1. The quantitative estimate of drug-likeness (QED) is 0.593. The molecule has 0 saturated carbocycles. The second-order valence-electron chi connectivity index (χ2n) is 3.18. The van der Waals surface area contributed by atoms with Gasteiger partial charge < -0.3 is 4.74 Å². The van der Waals surface area contributed by atoms with Crippen LogP contribution in [0, 0.1) is 0 Å². The largest absolute Gasteiger partial charge is 0.385 e. The Balaban J connectivity index is 2.65. The molecule has 15 heavy (non-hydrogen) atoms. The number of hydrogen-bond donors (Lipinski definition) is 0. The SMILES string of the molecule is COCCCc1ccc(S(=O)(=O)Cl)cc1. The number of methoxy groups -OCH3 is 1. The topological polar surface area (TPSA) is 43.4 Å². The fourth-order valence-corrected chi connectivity index (χ4v) is 2.01. The molecule has 0 N–H and O–H groups in total. The molecule has 0 atom stereocenters. The zero-order chi connectivity index (χ0) is 11.3. The molecule has 0 heterocycles. The molecule has 1 aromatic rings. The maximum atomic E-state index is 10.9. The fourth-order valence-electron chi connectivity index (χ4n) is 1.24. The summed E-state index contributed by atoms with van der Waals surface area (Å²) in [5.41, 5.74) is 1.08. The molecule has 0 aromatic heterocycles. The lowest BCUT2D eigenvalue weighted by atomic mass is 10.1. The van der Waals surface area contributed by atoms with Crippen LogP contribution in [-0.2, 0) is 20.2 Å². The predicted octanol–water partition coefficient (Wildman–Crippen LogP) is 2.19. The Morgan fingerprint density at radius 1 is 1.27 bits per heavy atom. The van der Waals surface area contributed by atoms with Gasteiger partial charge in [0.15, 0.2) is 0 Å². The van der Waals surface area contributed by atoms with Crippen molar-refractivity contribution in [2.45, 2.75) is 17.7 Å². The average molecular weight is 249 g/mol. The second kappa shape index (κ2) is 5.49. The van der Waals surface area contributed by atoms with Crippen LogP contribution in [0.15, 0.2) is 29.2 Å². The fraction of sp³-hybridized carbons (Fsp3) is 0.400. The van der Waals surface area contributed by atoms with Gasteiger partial charge in [-0.05, 0) is 30.5 Å². The van der Waals surface area contributed by atoms with E-state index in [-0.39, 0.29) is 4.90 Å². The molecule has 0 fully saturated rings. The van der Waals surface area contributed by atoms with Crippen LogP contribution in [0.3, 0.4) is 0 Å². The van der Waals surface area contributed by atoms with Gasteiger partial charge in [0, 0.05) is 24.4 Å². The molecule has 3 nitrogen and oxygen atoms in total. The molecule has 0 amide bonds. The molecule has 0 bridgehead atoms. The van der Waals surface area contributed by atoms with Crippen LogP contribution >= 0.6 is 10.7 Å². The zero-order valence-corrected chi connectivity index (χ0v) is 10.0. The van der Waals surface area contributed by atoms with E-state index in [1.165, 1.54) is 12.1 Å². The lowest BCUT2D eigenvalue weighted by molar-refractivity contribution is 0.195. The van der Waals surface area contributed by atoms with Crippen LogP contribution in [0.1, 0.15) is 12.0 Å². The highest BCUT2D eigenvalue weighted by Crippen LogP contribution is 2.15. The van der Waals surface area contributed by atoms with Gasteiger partial charge >= 0.3 is 0 Å². The first-order chi connectivity index (χ1) is 7.04. The normalized spacial score (nSPS) is 11.6. The summed E-state index contributed by atoms with van der Waals surface area (Å²) in [4.78, 5) is 0.139. The maximum Gasteiger partial charge on any atom is 0.261 e. The minimum absolute atomic E-state index is 0.139. The van der Waals surface area contributed by atoms with E-state index in [4.69, 9.17) is 15.4 Å². The molecule has 0 aliphatic rings. The second-order valence-corrected chi connectivity index (χ2v) is 5.74. The average Bonchev–Trinajstić information content (AvgIpc) is 2.18. The standard InChI is InChI=1S/C10H13ClO3S/c1-14-8-2-3-9-4-6-10(7-5-9)15(11,12)13/h4-7H,2-3,8H2,1H3. The minimum Gasteiger partial charge on any atom is -0.385 e. The van der Waals surface area contributed by atoms with Gasteiger partial charge in [0.25, 0.3) is 9.05 Å². The van der Waals surface area contributed by atoms with E-state index in [1.807, 2.05) is 0 Å². The minimum atomic E-state index is -3.60. The lowest BCUT2D eigenvalue weighted by Crippen LogP contribution is -1.94. The summed E-state index contributed by atoms with van der Waals surface area (Å²) >= 11 is 0. The molecule has 1 aromatic carbocycles.